The van der Waals surface area contributed by atoms with Crippen molar-refractivity contribution in [3.05, 3.63) is 24.3 Å². The van der Waals surface area contributed by atoms with Gasteiger partial charge in [0.2, 0.25) is 0 Å². The summed E-state index contributed by atoms with van der Waals surface area (Å²) in [5.74, 6) is -1.11. The van der Waals surface area contributed by atoms with Crippen LogP contribution in [-0.2, 0) is 14.3 Å². The molecule has 0 saturated carbocycles. The second kappa shape index (κ2) is 5.92. The van der Waals surface area contributed by atoms with Gasteiger partial charge in [0.15, 0.2) is 6.04 Å². The fourth-order valence-corrected chi connectivity index (χ4v) is 2.24. The number of carbonyl (C=O) groups is 2. The predicted molar refractivity (Wildman–Crippen MR) is 76.7 cm³/mol. The van der Waals surface area contributed by atoms with Crippen LogP contribution in [0, 0.1) is 0 Å². The number of fused-ring (bicyclic) bond motifs is 1. The van der Waals surface area contributed by atoms with Gasteiger partial charge in [-0.05, 0) is 19.1 Å². The summed E-state index contributed by atoms with van der Waals surface area (Å²) in [7, 11) is 1.96. The van der Waals surface area contributed by atoms with Crippen LogP contribution < -0.4 is 15.5 Å². The Morgan fingerprint density at radius 3 is 2.60 bits per heavy atom. The van der Waals surface area contributed by atoms with Crippen LogP contribution in [0.4, 0.5) is 11.4 Å². The molecule has 0 fully saturated rings. The summed E-state index contributed by atoms with van der Waals surface area (Å²) in [5.41, 5.74) is 7.41. The minimum atomic E-state index is -1.27. The zero-order valence-corrected chi connectivity index (χ0v) is 11.7. The normalized spacial score (nSPS) is 15.6. The monoisotopic (exact) mass is 277 g/mol. The van der Waals surface area contributed by atoms with Gasteiger partial charge in [-0.15, -0.1) is 0 Å². The SMILES string of the molecule is CCOC(=O)C(N)C(=O)N1CCN(C)c2ccccc21. The lowest BCUT2D eigenvalue weighted by Crippen LogP contribution is -2.52. The first-order valence-electron chi connectivity index (χ1n) is 6.60. The number of amides is 1. The molecule has 2 rings (SSSR count). The average Bonchev–Trinajstić information content (AvgIpc) is 2.47. The van der Waals surface area contributed by atoms with Gasteiger partial charge in [-0.3, -0.25) is 4.79 Å². The maximum absolute atomic E-state index is 12.4. The first-order chi connectivity index (χ1) is 9.56. The molecule has 0 radical (unpaired) electrons. The Balaban J connectivity index is 2.24. The highest BCUT2D eigenvalue weighted by Gasteiger charge is 2.32. The number of likely N-dealkylation sites (N-methyl/N-ethyl adjacent to an activating group) is 1. The number of nitrogens with zero attached hydrogens (tertiary/aromatic N) is 2. The van der Waals surface area contributed by atoms with E-state index in [4.69, 9.17) is 10.5 Å². The summed E-state index contributed by atoms with van der Waals surface area (Å²) in [6, 6.07) is 6.28. The van der Waals surface area contributed by atoms with Crippen molar-refractivity contribution in [2.24, 2.45) is 5.73 Å². The van der Waals surface area contributed by atoms with E-state index >= 15 is 0 Å². The third-order valence-corrected chi connectivity index (χ3v) is 3.32. The van der Waals surface area contributed by atoms with E-state index < -0.39 is 17.9 Å². The summed E-state index contributed by atoms with van der Waals surface area (Å²) < 4.78 is 4.80. The summed E-state index contributed by atoms with van der Waals surface area (Å²) >= 11 is 0. The Kier molecular flexibility index (Phi) is 4.24. The second-order valence-electron chi connectivity index (χ2n) is 4.63. The van der Waals surface area contributed by atoms with Gasteiger partial charge < -0.3 is 20.3 Å². The van der Waals surface area contributed by atoms with Crippen LogP contribution in [0.15, 0.2) is 24.3 Å². The summed E-state index contributed by atoms with van der Waals surface area (Å²) in [6.07, 6.45) is 0. The van der Waals surface area contributed by atoms with Gasteiger partial charge in [0, 0.05) is 20.1 Å². The standard InChI is InChI=1S/C14H19N3O3/c1-3-20-14(19)12(15)13(18)17-9-8-16(2)10-6-4-5-7-11(10)17/h4-7,12H,3,8-9,15H2,1-2H3. The average molecular weight is 277 g/mol. The van der Waals surface area contributed by atoms with E-state index in [2.05, 4.69) is 4.90 Å². The van der Waals surface area contributed by atoms with Crippen molar-refractivity contribution in [2.75, 3.05) is 36.5 Å². The largest absolute Gasteiger partial charge is 0.464 e. The lowest BCUT2D eigenvalue weighted by molar-refractivity contribution is -0.147. The number of esters is 1. The van der Waals surface area contributed by atoms with E-state index in [9.17, 15) is 9.59 Å². The van der Waals surface area contributed by atoms with E-state index in [0.717, 1.165) is 11.4 Å². The van der Waals surface area contributed by atoms with E-state index in [1.807, 2.05) is 31.3 Å². The Morgan fingerprint density at radius 1 is 1.30 bits per heavy atom. The van der Waals surface area contributed by atoms with Crippen LogP contribution in [-0.4, -0.2) is 44.7 Å². The molecule has 1 unspecified atom stereocenters. The van der Waals surface area contributed by atoms with E-state index in [1.165, 1.54) is 0 Å². The number of hydrogen-bond donors (Lipinski definition) is 1. The Bertz CT molecular complexity index is 518. The Hall–Kier alpha value is -2.08. The Labute approximate surface area is 118 Å². The molecule has 6 nitrogen and oxygen atoms in total. The van der Waals surface area contributed by atoms with Crippen LogP contribution in [0.1, 0.15) is 6.92 Å². The van der Waals surface area contributed by atoms with Gasteiger partial charge in [-0.1, -0.05) is 12.1 Å². The van der Waals surface area contributed by atoms with Gasteiger partial charge >= 0.3 is 5.97 Å². The number of rotatable bonds is 3. The molecule has 0 aliphatic carbocycles. The van der Waals surface area contributed by atoms with Crippen molar-refractivity contribution in [1.82, 2.24) is 0 Å². The van der Waals surface area contributed by atoms with Crippen LogP contribution in [0.25, 0.3) is 0 Å². The summed E-state index contributed by atoms with van der Waals surface area (Å²) in [4.78, 5) is 27.6. The smallest absolute Gasteiger partial charge is 0.332 e. The maximum Gasteiger partial charge on any atom is 0.332 e. The molecule has 1 amide bonds. The van der Waals surface area contributed by atoms with Crippen LogP contribution in [0.2, 0.25) is 0 Å². The van der Waals surface area contributed by atoms with Crippen LogP contribution >= 0.6 is 0 Å². The van der Waals surface area contributed by atoms with Gasteiger partial charge in [-0.25, -0.2) is 4.79 Å². The molecule has 20 heavy (non-hydrogen) atoms. The number of hydrogen-bond acceptors (Lipinski definition) is 5. The molecule has 6 heteroatoms. The highest BCUT2D eigenvalue weighted by atomic mass is 16.5. The minimum Gasteiger partial charge on any atom is -0.464 e. The highest BCUT2D eigenvalue weighted by molar-refractivity contribution is 6.11. The molecule has 0 spiro atoms. The number of anilines is 2. The lowest BCUT2D eigenvalue weighted by Gasteiger charge is -2.36. The van der Waals surface area contributed by atoms with Gasteiger partial charge in [-0.2, -0.15) is 0 Å². The molecule has 1 atom stereocenters. The number of carbonyl (C=O) groups excluding carboxylic acids is 2. The molecule has 1 aromatic carbocycles. The third-order valence-electron chi connectivity index (χ3n) is 3.32. The van der Waals surface area contributed by atoms with Crippen LogP contribution in [0.3, 0.4) is 0 Å². The topological polar surface area (TPSA) is 75.9 Å². The fraction of sp³-hybridized carbons (Fsp3) is 0.429. The number of benzene rings is 1. The molecular weight excluding hydrogens is 258 g/mol. The van der Waals surface area contributed by atoms with E-state index in [0.29, 0.717) is 13.1 Å². The fourth-order valence-electron chi connectivity index (χ4n) is 2.24. The first-order valence-corrected chi connectivity index (χ1v) is 6.60. The van der Waals surface area contributed by atoms with Gasteiger partial charge in [0.25, 0.3) is 5.91 Å². The van der Waals surface area contributed by atoms with E-state index in [-0.39, 0.29) is 6.61 Å². The molecule has 1 aliphatic rings. The first kappa shape index (κ1) is 14.3. The Morgan fingerprint density at radius 2 is 1.95 bits per heavy atom. The van der Waals surface area contributed by atoms with Gasteiger partial charge in [0.1, 0.15) is 0 Å². The number of nitrogens with two attached hydrogens (primary N) is 1. The van der Waals surface area contributed by atoms with Crippen molar-refractivity contribution < 1.29 is 14.3 Å². The zero-order chi connectivity index (χ0) is 14.7. The van der Waals surface area contributed by atoms with Gasteiger partial charge in [0.05, 0.1) is 18.0 Å². The number of para-hydroxylation sites is 2. The lowest BCUT2D eigenvalue weighted by atomic mass is 10.1. The molecule has 0 aromatic heterocycles. The molecule has 0 bridgehead atoms. The molecule has 1 heterocycles. The molecule has 1 aromatic rings. The summed E-state index contributed by atoms with van der Waals surface area (Å²) in [6.45, 7) is 3.08. The quantitative estimate of drug-likeness (QED) is 0.637. The van der Waals surface area contributed by atoms with E-state index in [1.54, 1.807) is 11.8 Å². The maximum atomic E-state index is 12.4. The highest BCUT2D eigenvalue weighted by Crippen LogP contribution is 2.31. The van der Waals surface area contributed by atoms with Crippen molar-refractivity contribution >= 4 is 23.3 Å². The third kappa shape index (κ3) is 2.60. The number of ether oxygens (including phenoxy) is 1. The van der Waals surface area contributed by atoms with Crippen molar-refractivity contribution in [3.8, 4) is 0 Å². The minimum absolute atomic E-state index is 0.207. The molecule has 1 aliphatic heterocycles. The molecule has 108 valence electrons. The molecule has 2 N–H and O–H groups in total. The predicted octanol–water partition coefficient (Wildman–Crippen LogP) is 0.360. The summed E-state index contributed by atoms with van der Waals surface area (Å²) in [5, 5.41) is 0. The second-order valence-corrected chi connectivity index (χ2v) is 4.63. The zero-order valence-electron chi connectivity index (χ0n) is 11.7. The van der Waals surface area contributed by atoms with Crippen molar-refractivity contribution in [1.29, 1.82) is 0 Å². The van der Waals surface area contributed by atoms with Crippen molar-refractivity contribution in [3.63, 3.8) is 0 Å². The van der Waals surface area contributed by atoms with Crippen molar-refractivity contribution in [2.45, 2.75) is 13.0 Å². The molecular formula is C14H19N3O3. The van der Waals surface area contributed by atoms with Crippen LogP contribution in [0.5, 0.6) is 0 Å². The molecule has 0 saturated heterocycles.